The van der Waals surface area contributed by atoms with Gasteiger partial charge in [0.1, 0.15) is 19.8 Å². The summed E-state index contributed by atoms with van der Waals surface area (Å²) in [4.78, 5) is 35.6. The average Bonchev–Trinajstić information content (AvgIpc) is 3.29. The van der Waals surface area contributed by atoms with Gasteiger partial charge in [0.2, 0.25) is 0 Å². The summed E-state index contributed by atoms with van der Waals surface area (Å²) < 4.78 is 34.5. The molecule has 2 unspecified atom stereocenters. The third kappa shape index (κ3) is 53.7. The lowest BCUT2D eigenvalue weighted by atomic mass is 10.0. The van der Waals surface area contributed by atoms with E-state index in [0.29, 0.717) is 23.9 Å². The summed E-state index contributed by atoms with van der Waals surface area (Å²) in [5, 5.41) is 0. The van der Waals surface area contributed by atoms with Crippen LogP contribution in [0.1, 0.15) is 277 Å². The zero-order valence-electron chi connectivity index (χ0n) is 44.9. The van der Waals surface area contributed by atoms with E-state index in [2.05, 4.69) is 38.2 Å². The highest BCUT2D eigenvalue weighted by Crippen LogP contribution is 2.43. The highest BCUT2D eigenvalue weighted by molar-refractivity contribution is 7.47. The van der Waals surface area contributed by atoms with Crippen molar-refractivity contribution in [1.29, 1.82) is 0 Å². The van der Waals surface area contributed by atoms with E-state index in [1.165, 1.54) is 180 Å². The number of carbonyl (C=O) groups is 2. The van der Waals surface area contributed by atoms with Gasteiger partial charge in [-0.15, -0.1) is 0 Å². The molecule has 10 heteroatoms. The van der Waals surface area contributed by atoms with Crippen LogP contribution in [0.3, 0.4) is 0 Å². The molecule has 0 saturated heterocycles. The van der Waals surface area contributed by atoms with Gasteiger partial charge in [0.05, 0.1) is 27.7 Å². The minimum atomic E-state index is -4.38. The number of unbranched alkanes of at least 4 members (excludes halogenated alkanes) is 35. The molecule has 0 aromatic carbocycles. The Hall–Kier alpha value is -1.51. The molecule has 0 aliphatic rings. The summed E-state index contributed by atoms with van der Waals surface area (Å²) in [6.07, 6.45) is 58.3. The fraction of sp³-hybridized carbons (Fsp3) is 0.895. The summed E-state index contributed by atoms with van der Waals surface area (Å²) in [6, 6.07) is 0. The zero-order valence-corrected chi connectivity index (χ0v) is 45.8. The second-order valence-electron chi connectivity index (χ2n) is 20.7. The highest BCUT2D eigenvalue weighted by atomic mass is 31.2. The molecule has 2 atom stereocenters. The molecule has 1 N–H and O–H groups in total. The van der Waals surface area contributed by atoms with Gasteiger partial charge in [-0.25, -0.2) is 4.57 Å². The van der Waals surface area contributed by atoms with Crippen LogP contribution in [-0.2, 0) is 32.7 Å². The molecule has 0 aliphatic carbocycles. The molecule has 0 spiro atoms. The molecular weight excluding hydrogens is 858 g/mol. The predicted molar refractivity (Wildman–Crippen MR) is 284 cm³/mol. The summed E-state index contributed by atoms with van der Waals surface area (Å²) in [5.41, 5.74) is 0. The van der Waals surface area contributed by atoms with Crippen LogP contribution in [0.4, 0.5) is 0 Å². The number of hydrogen-bond donors (Lipinski definition) is 1. The van der Waals surface area contributed by atoms with E-state index in [-0.39, 0.29) is 25.6 Å². The SMILES string of the molecule is CCCC/C=C\C/C=C\CCCCCCCC(=O)OC(COC(=O)CCCCCCCCCCCCCCCCCCCCCCCCCCCCCCC)COP(=O)(O)OCC[N+](C)(C)C. The number of hydrogen-bond acceptors (Lipinski definition) is 7. The first-order valence-electron chi connectivity index (χ1n) is 28.6. The molecule has 0 aromatic rings. The maximum atomic E-state index is 12.7. The minimum absolute atomic E-state index is 0.0309. The van der Waals surface area contributed by atoms with Crippen molar-refractivity contribution in [3.63, 3.8) is 0 Å². The molecule has 0 fully saturated rings. The van der Waals surface area contributed by atoms with E-state index in [9.17, 15) is 19.0 Å². The van der Waals surface area contributed by atoms with E-state index < -0.39 is 26.5 Å². The van der Waals surface area contributed by atoms with Crippen LogP contribution in [0.5, 0.6) is 0 Å². The van der Waals surface area contributed by atoms with Gasteiger partial charge in [0.25, 0.3) is 0 Å². The number of likely N-dealkylation sites (N-methyl/N-ethyl adjacent to an activating group) is 1. The van der Waals surface area contributed by atoms with Crippen molar-refractivity contribution in [3.8, 4) is 0 Å². The van der Waals surface area contributed by atoms with E-state index in [4.69, 9.17) is 18.5 Å². The second kappa shape index (κ2) is 49.5. The zero-order chi connectivity index (χ0) is 49.2. The molecule has 0 rings (SSSR count). The lowest BCUT2D eigenvalue weighted by Gasteiger charge is -2.24. The maximum Gasteiger partial charge on any atom is 0.472 e. The van der Waals surface area contributed by atoms with Gasteiger partial charge in [-0.05, 0) is 38.5 Å². The Morgan fingerprint density at radius 2 is 0.821 bits per heavy atom. The number of allylic oxidation sites excluding steroid dienone is 4. The summed E-state index contributed by atoms with van der Waals surface area (Å²) >= 11 is 0. The Morgan fingerprint density at radius 1 is 0.463 bits per heavy atom. The Bertz CT molecular complexity index is 1190. The van der Waals surface area contributed by atoms with Gasteiger partial charge < -0.3 is 18.9 Å². The normalized spacial score (nSPS) is 13.5. The van der Waals surface area contributed by atoms with Crippen LogP contribution < -0.4 is 0 Å². The van der Waals surface area contributed by atoms with Crippen molar-refractivity contribution in [1.82, 2.24) is 0 Å². The molecule has 396 valence electrons. The average molecular weight is 969 g/mol. The van der Waals surface area contributed by atoms with E-state index >= 15 is 0 Å². The molecule has 0 saturated carbocycles. The van der Waals surface area contributed by atoms with Gasteiger partial charge in [-0.1, -0.05) is 250 Å². The van der Waals surface area contributed by atoms with Gasteiger partial charge in [0, 0.05) is 12.8 Å². The molecule has 0 heterocycles. The standard InChI is InChI=1S/C57H110NO8P/c1-6-8-10-12-14-16-18-20-22-23-24-25-26-27-28-29-30-31-32-33-34-35-36-38-39-41-43-45-47-49-56(59)63-53-55(54-65-67(61,62)64-52-51-58(3,4)5)66-57(60)50-48-46-44-42-40-37-21-19-17-15-13-11-9-7-2/h13,15,19,21,55H,6-12,14,16-18,20,22-54H2,1-5H3/p+1/b15-13-,21-19-. The van der Waals surface area contributed by atoms with Crippen LogP contribution >= 0.6 is 7.82 Å². The molecule has 0 aromatic heterocycles. The largest absolute Gasteiger partial charge is 0.472 e. The smallest absolute Gasteiger partial charge is 0.462 e. The number of nitrogens with zero attached hydrogens (tertiary/aromatic N) is 1. The topological polar surface area (TPSA) is 108 Å². The second-order valence-corrected chi connectivity index (χ2v) is 22.1. The first-order chi connectivity index (χ1) is 32.5. The molecule has 0 aliphatic heterocycles. The van der Waals surface area contributed by atoms with Gasteiger partial charge in [0.15, 0.2) is 6.10 Å². The van der Waals surface area contributed by atoms with Gasteiger partial charge in [-0.2, -0.15) is 0 Å². The molecule has 0 amide bonds. The molecule has 0 radical (unpaired) electrons. The van der Waals surface area contributed by atoms with Crippen molar-refractivity contribution >= 4 is 19.8 Å². The van der Waals surface area contributed by atoms with Crippen molar-refractivity contribution in [2.45, 2.75) is 283 Å². The number of phosphoric ester groups is 1. The lowest BCUT2D eigenvalue weighted by molar-refractivity contribution is -0.870. The van der Waals surface area contributed by atoms with Crippen molar-refractivity contribution in [3.05, 3.63) is 24.3 Å². The Balaban J connectivity index is 4.02. The van der Waals surface area contributed by atoms with Gasteiger partial charge in [-0.3, -0.25) is 18.6 Å². The molecule has 9 nitrogen and oxygen atoms in total. The minimum Gasteiger partial charge on any atom is -0.462 e. The summed E-state index contributed by atoms with van der Waals surface area (Å²) in [6.45, 7) is 4.41. The molecule has 0 bridgehead atoms. The number of ether oxygens (including phenoxy) is 2. The fourth-order valence-electron chi connectivity index (χ4n) is 8.27. The molecule has 67 heavy (non-hydrogen) atoms. The number of esters is 2. The van der Waals surface area contributed by atoms with Crippen LogP contribution in [0.15, 0.2) is 24.3 Å². The number of carbonyl (C=O) groups excluding carboxylic acids is 2. The first-order valence-corrected chi connectivity index (χ1v) is 30.1. The van der Waals surface area contributed by atoms with Crippen LogP contribution in [0, 0.1) is 0 Å². The monoisotopic (exact) mass is 969 g/mol. The number of quaternary nitrogens is 1. The third-order valence-electron chi connectivity index (χ3n) is 12.7. The summed E-state index contributed by atoms with van der Waals surface area (Å²) in [7, 11) is 1.48. The predicted octanol–water partition coefficient (Wildman–Crippen LogP) is 17.4. The van der Waals surface area contributed by atoms with Crippen LogP contribution in [0.25, 0.3) is 0 Å². The van der Waals surface area contributed by atoms with Crippen molar-refractivity contribution in [2.24, 2.45) is 0 Å². The Kier molecular flexibility index (Phi) is 48.4. The quantitative estimate of drug-likeness (QED) is 0.0211. The highest BCUT2D eigenvalue weighted by Gasteiger charge is 2.27. The van der Waals surface area contributed by atoms with Crippen LogP contribution in [0.2, 0.25) is 0 Å². The summed E-state index contributed by atoms with van der Waals surface area (Å²) in [5.74, 6) is -0.801. The first kappa shape index (κ1) is 65.5. The Labute approximate surface area is 415 Å². The molecular formula is C57H111NO8P+. The van der Waals surface area contributed by atoms with E-state index in [1.807, 2.05) is 21.1 Å². The Morgan fingerprint density at radius 3 is 1.22 bits per heavy atom. The van der Waals surface area contributed by atoms with E-state index in [0.717, 1.165) is 64.2 Å². The van der Waals surface area contributed by atoms with Crippen LogP contribution in [-0.4, -0.2) is 74.9 Å². The lowest BCUT2D eigenvalue weighted by Crippen LogP contribution is -2.37. The van der Waals surface area contributed by atoms with Crippen molar-refractivity contribution < 1.29 is 42.1 Å². The maximum absolute atomic E-state index is 12.7. The third-order valence-corrected chi connectivity index (χ3v) is 13.7. The fourth-order valence-corrected chi connectivity index (χ4v) is 9.01. The van der Waals surface area contributed by atoms with Crippen molar-refractivity contribution in [2.75, 3.05) is 47.5 Å². The number of rotatable bonds is 53. The van der Waals surface area contributed by atoms with Gasteiger partial charge >= 0.3 is 19.8 Å². The number of phosphoric acid groups is 1. The van der Waals surface area contributed by atoms with E-state index in [1.54, 1.807) is 0 Å².